The fraction of sp³-hybridized carbons (Fsp3) is 0.400. The molecule has 2 rings (SSSR count). The van der Waals surface area contributed by atoms with E-state index in [-0.39, 0.29) is 6.61 Å². The van der Waals surface area contributed by atoms with E-state index in [0.717, 1.165) is 0 Å². The van der Waals surface area contributed by atoms with Gasteiger partial charge in [-0.3, -0.25) is 9.59 Å². The number of para-hydroxylation sites is 1. The lowest BCUT2D eigenvalue weighted by atomic mass is 9.78. The summed E-state index contributed by atoms with van der Waals surface area (Å²) in [6.07, 6.45) is 0. The van der Waals surface area contributed by atoms with Gasteiger partial charge >= 0.3 is 5.97 Å². The van der Waals surface area contributed by atoms with Gasteiger partial charge in [0.25, 0.3) is 5.78 Å². The standard InChI is InChI=1S/C15H16O5/c1-4-19-14(18)13(17)11-12(16)9-7-5-6-8-10(9)20-15(11,2)3/h5-8,11H,4H2,1-3H3. The fourth-order valence-corrected chi connectivity index (χ4v) is 2.33. The van der Waals surface area contributed by atoms with Crippen LogP contribution < -0.4 is 4.74 Å². The van der Waals surface area contributed by atoms with Crippen LogP contribution in [0.25, 0.3) is 0 Å². The van der Waals surface area contributed by atoms with Gasteiger partial charge in [0.2, 0.25) is 0 Å². The molecule has 0 bridgehead atoms. The van der Waals surface area contributed by atoms with Crippen LogP contribution in [0.15, 0.2) is 24.3 Å². The van der Waals surface area contributed by atoms with Gasteiger partial charge in [0.1, 0.15) is 17.3 Å². The third kappa shape index (κ3) is 2.31. The molecule has 0 fully saturated rings. The number of ether oxygens (including phenoxy) is 2. The monoisotopic (exact) mass is 276 g/mol. The Bertz CT molecular complexity index is 573. The molecule has 1 unspecified atom stereocenters. The first-order chi connectivity index (χ1) is 9.38. The van der Waals surface area contributed by atoms with Crippen LogP contribution in [0.3, 0.4) is 0 Å². The molecule has 1 aromatic rings. The normalized spacial score (nSPS) is 19.8. The summed E-state index contributed by atoms with van der Waals surface area (Å²) in [6, 6.07) is 6.68. The Balaban J connectivity index is 2.41. The molecule has 0 aromatic heterocycles. The Morgan fingerprint density at radius 3 is 2.60 bits per heavy atom. The number of fused-ring (bicyclic) bond motifs is 1. The van der Waals surface area contributed by atoms with Crippen LogP contribution in [0.1, 0.15) is 31.1 Å². The maximum absolute atomic E-state index is 12.5. The molecule has 0 amide bonds. The molecule has 0 saturated heterocycles. The number of ketones is 2. The van der Waals surface area contributed by atoms with Gasteiger partial charge in [0.05, 0.1) is 12.2 Å². The Hall–Kier alpha value is -2.17. The van der Waals surface area contributed by atoms with Crippen LogP contribution in [-0.4, -0.2) is 29.7 Å². The van der Waals surface area contributed by atoms with Crippen LogP contribution in [0.4, 0.5) is 0 Å². The predicted molar refractivity (Wildman–Crippen MR) is 70.6 cm³/mol. The molecule has 1 aliphatic rings. The molecule has 5 nitrogen and oxygen atoms in total. The van der Waals surface area contributed by atoms with Crippen molar-refractivity contribution >= 4 is 17.5 Å². The Morgan fingerprint density at radius 1 is 1.30 bits per heavy atom. The van der Waals surface area contributed by atoms with Gasteiger partial charge in [-0.25, -0.2) is 4.79 Å². The number of benzene rings is 1. The van der Waals surface area contributed by atoms with Crippen LogP contribution in [-0.2, 0) is 14.3 Å². The third-order valence-corrected chi connectivity index (χ3v) is 3.22. The number of rotatable bonds is 3. The Morgan fingerprint density at radius 2 is 1.95 bits per heavy atom. The summed E-state index contributed by atoms with van der Waals surface area (Å²) in [6.45, 7) is 4.92. The topological polar surface area (TPSA) is 69.7 Å². The van der Waals surface area contributed by atoms with E-state index in [1.54, 1.807) is 45.0 Å². The number of hydrogen-bond acceptors (Lipinski definition) is 5. The van der Waals surface area contributed by atoms with Crippen LogP contribution >= 0.6 is 0 Å². The molecule has 1 aromatic carbocycles. The van der Waals surface area contributed by atoms with Crippen molar-refractivity contribution in [2.75, 3.05) is 6.61 Å². The molecule has 1 aliphatic heterocycles. The second-order valence-corrected chi connectivity index (χ2v) is 5.08. The number of carbonyl (C=O) groups excluding carboxylic acids is 3. The minimum absolute atomic E-state index is 0.0867. The summed E-state index contributed by atoms with van der Waals surface area (Å²) in [5.41, 5.74) is -0.774. The van der Waals surface area contributed by atoms with E-state index in [4.69, 9.17) is 9.47 Å². The van der Waals surface area contributed by atoms with Gasteiger partial charge in [-0.2, -0.15) is 0 Å². The lowest BCUT2D eigenvalue weighted by Gasteiger charge is -2.37. The van der Waals surface area contributed by atoms with Crippen molar-refractivity contribution in [3.8, 4) is 5.75 Å². The van der Waals surface area contributed by atoms with Gasteiger partial charge in [-0.1, -0.05) is 12.1 Å². The molecule has 20 heavy (non-hydrogen) atoms. The van der Waals surface area contributed by atoms with Gasteiger partial charge < -0.3 is 9.47 Å². The molecule has 0 spiro atoms. The number of carbonyl (C=O) groups is 3. The smallest absolute Gasteiger partial charge is 0.375 e. The van der Waals surface area contributed by atoms with Crippen molar-refractivity contribution in [2.24, 2.45) is 5.92 Å². The first-order valence-corrected chi connectivity index (χ1v) is 6.41. The highest BCUT2D eigenvalue weighted by atomic mass is 16.5. The summed E-state index contributed by atoms with van der Waals surface area (Å²) in [4.78, 5) is 36.2. The van der Waals surface area contributed by atoms with E-state index >= 15 is 0 Å². The van der Waals surface area contributed by atoms with E-state index in [2.05, 4.69) is 0 Å². The van der Waals surface area contributed by atoms with Crippen molar-refractivity contribution in [1.82, 2.24) is 0 Å². The highest BCUT2D eigenvalue weighted by Gasteiger charge is 2.49. The summed E-state index contributed by atoms with van der Waals surface area (Å²) in [5, 5.41) is 0. The number of hydrogen-bond donors (Lipinski definition) is 0. The highest BCUT2D eigenvalue weighted by Crippen LogP contribution is 2.37. The minimum atomic E-state index is -1.18. The van der Waals surface area contributed by atoms with E-state index in [9.17, 15) is 14.4 Å². The molecule has 106 valence electrons. The first kappa shape index (κ1) is 14.2. The van der Waals surface area contributed by atoms with Crippen molar-refractivity contribution in [2.45, 2.75) is 26.4 Å². The summed E-state index contributed by atoms with van der Waals surface area (Å²) >= 11 is 0. The molecule has 0 saturated carbocycles. The SMILES string of the molecule is CCOC(=O)C(=O)C1C(=O)c2ccccc2OC1(C)C. The van der Waals surface area contributed by atoms with Crippen LogP contribution in [0.2, 0.25) is 0 Å². The molecule has 0 radical (unpaired) electrons. The zero-order valence-corrected chi connectivity index (χ0v) is 11.6. The van der Waals surface area contributed by atoms with E-state index in [0.29, 0.717) is 11.3 Å². The largest absolute Gasteiger partial charge is 0.486 e. The Labute approximate surface area is 116 Å². The quantitative estimate of drug-likeness (QED) is 0.478. The van der Waals surface area contributed by atoms with E-state index in [1.165, 1.54) is 0 Å². The second kappa shape index (κ2) is 5.07. The summed E-state index contributed by atoms with van der Waals surface area (Å²) < 4.78 is 10.4. The molecule has 1 heterocycles. The van der Waals surface area contributed by atoms with Crippen molar-refractivity contribution < 1.29 is 23.9 Å². The van der Waals surface area contributed by atoms with Crippen molar-refractivity contribution in [1.29, 1.82) is 0 Å². The average molecular weight is 276 g/mol. The molecular formula is C15H16O5. The van der Waals surface area contributed by atoms with Crippen molar-refractivity contribution in [3.05, 3.63) is 29.8 Å². The number of esters is 1. The van der Waals surface area contributed by atoms with Gasteiger partial charge in [0.15, 0.2) is 5.78 Å². The van der Waals surface area contributed by atoms with Gasteiger partial charge in [-0.05, 0) is 32.9 Å². The van der Waals surface area contributed by atoms with E-state index < -0.39 is 29.1 Å². The zero-order chi connectivity index (χ0) is 14.9. The summed E-state index contributed by atoms with van der Waals surface area (Å²) in [5.74, 6) is -3.03. The molecule has 0 N–H and O–H groups in total. The lowest BCUT2D eigenvalue weighted by Crippen LogP contribution is -2.52. The molecule has 0 aliphatic carbocycles. The highest BCUT2D eigenvalue weighted by molar-refractivity contribution is 6.40. The zero-order valence-electron chi connectivity index (χ0n) is 11.6. The Kier molecular flexibility index (Phi) is 3.61. The maximum Gasteiger partial charge on any atom is 0.375 e. The molecular weight excluding hydrogens is 260 g/mol. The van der Waals surface area contributed by atoms with Crippen LogP contribution in [0.5, 0.6) is 5.75 Å². The lowest BCUT2D eigenvalue weighted by molar-refractivity contribution is -0.157. The second-order valence-electron chi connectivity index (χ2n) is 5.08. The van der Waals surface area contributed by atoms with E-state index in [1.807, 2.05) is 0 Å². The predicted octanol–water partition coefficient (Wildman–Crippen LogP) is 1.79. The molecule has 1 atom stereocenters. The van der Waals surface area contributed by atoms with Crippen LogP contribution in [0, 0.1) is 5.92 Å². The van der Waals surface area contributed by atoms with Gasteiger partial charge in [-0.15, -0.1) is 0 Å². The van der Waals surface area contributed by atoms with Gasteiger partial charge in [0, 0.05) is 0 Å². The molecule has 5 heteroatoms. The third-order valence-electron chi connectivity index (χ3n) is 3.22. The van der Waals surface area contributed by atoms with Crippen molar-refractivity contribution in [3.63, 3.8) is 0 Å². The number of Topliss-reactive ketones (excluding diaryl/α,β-unsaturated/α-hetero) is 2. The summed E-state index contributed by atoms with van der Waals surface area (Å²) in [7, 11) is 0. The minimum Gasteiger partial charge on any atom is -0.486 e. The first-order valence-electron chi connectivity index (χ1n) is 6.41. The average Bonchev–Trinajstić information content (AvgIpc) is 2.37. The fourth-order valence-electron chi connectivity index (χ4n) is 2.33. The maximum atomic E-state index is 12.5.